The lowest BCUT2D eigenvalue weighted by molar-refractivity contribution is -0.169. The van der Waals surface area contributed by atoms with E-state index in [0.717, 1.165) is 58.1 Å². The molecule has 0 saturated carbocycles. The van der Waals surface area contributed by atoms with Gasteiger partial charge in [-0.1, -0.05) is 12.1 Å². The summed E-state index contributed by atoms with van der Waals surface area (Å²) < 4.78 is 11.6. The molecule has 26 heavy (non-hydrogen) atoms. The fourth-order valence-corrected chi connectivity index (χ4v) is 4.14. The van der Waals surface area contributed by atoms with Gasteiger partial charge in [0.1, 0.15) is 5.82 Å². The van der Waals surface area contributed by atoms with Gasteiger partial charge in [-0.15, -0.1) is 0 Å². The number of benzene rings is 1. The number of anilines is 4. The molecule has 1 aromatic carbocycles. The van der Waals surface area contributed by atoms with Crippen LogP contribution in [0.3, 0.4) is 0 Å². The average Bonchev–Trinajstić information content (AvgIpc) is 3.16. The minimum Gasteiger partial charge on any atom is -0.382 e. The van der Waals surface area contributed by atoms with E-state index in [2.05, 4.69) is 51.5 Å². The zero-order valence-electron chi connectivity index (χ0n) is 14.9. The maximum absolute atomic E-state index is 5.82. The Morgan fingerprint density at radius 1 is 0.962 bits per heavy atom. The number of ether oxygens (including phenoxy) is 2. The number of nitrogens with zero attached hydrogens (tertiary/aromatic N) is 3. The molecular weight excluding hydrogens is 328 g/mol. The molecule has 5 rings (SSSR count). The molecule has 6 heteroatoms. The summed E-state index contributed by atoms with van der Waals surface area (Å²) in [7, 11) is 0. The molecule has 0 bridgehead atoms. The molecule has 6 nitrogen and oxygen atoms in total. The molecule has 136 valence electrons. The summed E-state index contributed by atoms with van der Waals surface area (Å²) in [5.41, 5.74) is 3.53. The van der Waals surface area contributed by atoms with Gasteiger partial charge in [0.15, 0.2) is 5.79 Å². The fraction of sp³-hybridized carbons (Fsp3) is 0.450. The van der Waals surface area contributed by atoms with Crippen LogP contribution in [0.2, 0.25) is 0 Å². The highest BCUT2D eigenvalue weighted by Gasteiger charge is 2.39. The van der Waals surface area contributed by atoms with Crippen LogP contribution in [0.15, 0.2) is 42.6 Å². The highest BCUT2D eigenvalue weighted by Crippen LogP contribution is 2.35. The van der Waals surface area contributed by atoms with Crippen LogP contribution in [0.5, 0.6) is 0 Å². The first-order chi connectivity index (χ1) is 12.8. The SMILES string of the molecule is c1ccc2c(c1)NCCN2c1ccc(N2CCC3(CC2)OCCO3)cn1. The Balaban J connectivity index is 1.31. The van der Waals surface area contributed by atoms with Crippen molar-refractivity contribution in [3.8, 4) is 0 Å². The van der Waals surface area contributed by atoms with Crippen molar-refractivity contribution in [2.75, 3.05) is 54.5 Å². The Hall–Kier alpha value is -2.31. The van der Waals surface area contributed by atoms with Gasteiger partial charge in [0.25, 0.3) is 0 Å². The maximum Gasteiger partial charge on any atom is 0.171 e. The molecular formula is C20H24N4O2. The number of pyridine rings is 1. The number of nitrogens with one attached hydrogen (secondary N) is 1. The molecule has 0 atom stereocenters. The molecule has 1 spiro atoms. The predicted octanol–water partition coefficient (Wildman–Crippen LogP) is 2.99. The molecule has 0 radical (unpaired) electrons. The number of para-hydroxylation sites is 2. The van der Waals surface area contributed by atoms with Crippen molar-refractivity contribution in [3.05, 3.63) is 42.6 Å². The number of rotatable bonds is 2. The molecule has 4 heterocycles. The molecule has 0 aliphatic carbocycles. The first-order valence-corrected chi connectivity index (χ1v) is 9.42. The van der Waals surface area contributed by atoms with E-state index < -0.39 is 0 Å². The minimum absolute atomic E-state index is 0.325. The first-order valence-electron chi connectivity index (χ1n) is 9.42. The van der Waals surface area contributed by atoms with Crippen LogP contribution in [0, 0.1) is 0 Å². The van der Waals surface area contributed by atoms with Crippen molar-refractivity contribution in [1.29, 1.82) is 0 Å². The molecule has 1 N–H and O–H groups in total. The summed E-state index contributed by atoms with van der Waals surface area (Å²) in [6.45, 7) is 5.18. The zero-order valence-corrected chi connectivity index (χ0v) is 14.9. The summed E-state index contributed by atoms with van der Waals surface area (Å²) in [4.78, 5) is 9.41. The zero-order chi connectivity index (χ0) is 17.4. The summed E-state index contributed by atoms with van der Waals surface area (Å²) in [6.07, 6.45) is 3.83. The van der Waals surface area contributed by atoms with E-state index in [4.69, 9.17) is 14.5 Å². The van der Waals surface area contributed by atoms with E-state index in [9.17, 15) is 0 Å². The average molecular weight is 352 g/mol. The van der Waals surface area contributed by atoms with E-state index in [1.165, 1.54) is 17.1 Å². The standard InChI is InChI=1S/C20H24N4O2/c1-2-4-18-17(3-1)21-9-12-24(18)19-6-5-16(15-22-19)23-10-7-20(8-11-23)25-13-14-26-20/h1-6,15,21H,7-14H2. The highest BCUT2D eigenvalue weighted by atomic mass is 16.7. The number of hydrogen-bond acceptors (Lipinski definition) is 6. The molecule has 3 aliphatic heterocycles. The van der Waals surface area contributed by atoms with E-state index in [1.807, 2.05) is 6.20 Å². The predicted molar refractivity (Wildman–Crippen MR) is 102 cm³/mol. The van der Waals surface area contributed by atoms with Crippen LogP contribution in [0.25, 0.3) is 0 Å². The summed E-state index contributed by atoms with van der Waals surface area (Å²) >= 11 is 0. The third-order valence-corrected chi connectivity index (χ3v) is 5.56. The van der Waals surface area contributed by atoms with E-state index >= 15 is 0 Å². The van der Waals surface area contributed by atoms with Crippen molar-refractivity contribution < 1.29 is 9.47 Å². The van der Waals surface area contributed by atoms with Crippen molar-refractivity contribution in [1.82, 2.24) is 4.98 Å². The van der Waals surface area contributed by atoms with Crippen LogP contribution in [-0.4, -0.2) is 50.2 Å². The van der Waals surface area contributed by atoms with Gasteiger partial charge in [-0.25, -0.2) is 4.98 Å². The van der Waals surface area contributed by atoms with Crippen LogP contribution < -0.4 is 15.1 Å². The van der Waals surface area contributed by atoms with Gasteiger partial charge in [0.05, 0.1) is 36.5 Å². The third kappa shape index (κ3) is 2.79. The lowest BCUT2D eigenvalue weighted by Gasteiger charge is -2.38. The number of aromatic nitrogens is 1. The van der Waals surface area contributed by atoms with Gasteiger partial charge >= 0.3 is 0 Å². The second-order valence-corrected chi connectivity index (χ2v) is 7.06. The Bertz CT molecular complexity index is 764. The van der Waals surface area contributed by atoms with Gasteiger partial charge < -0.3 is 24.6 Å². The monoisotopic (exact) mass is 352 g/mol. The number of piperidine rings is 1. The minimum atomic E-state index is -0.325. The van der Waals surface area contributed by atoms with Gasteiger partial charge in [-0.05, 0) is 24.3 Å². The summed E-state index contributed by atoms with van der Waals surface area (Å²) in [5, 5.41) is 3.45. The third-order valence-electron chi connectivity index (χ3n) is 5.56. The van der Waals surface area contributed by atoms with Gasteiger partial charge in [-0.3, -0.25) is 0 Å². The molecule has 2 saturated heterocycles. The smallest absolute Gasteiger partial charge is 0.171 e. The van der Waals surface area contributed by atoms with E-state index in [-0.39, 0.29) is 5.79 Å². The van der Waals surface area contributed by atoms with Crippen molar-refractivity contribution in [2.45, 2.75) is 18.6 Å². The van der Waals surface area contributed by atoms with Crippen LogP contribution in [-0.2, 0) is 9.47 Å². The molecule has 2 aromatic rings. The second kappa shape index (κ2) is 6.45. The summed E-state index contributed by atoms with van der Waals surface area (Å²) in [6, 6.07) is 12.7. The van der Waals surface area contributed by atoms with E-state index in [1.54, 1.807) is 0 Å². The highest BCUT2D eigenvalue weighted by molar-refractivity contribution is 5.77. The van der Waals surface area contributed by atoms with E-state index in [0.29, 0.717) is 0 Å². The normalized spacial score (nSPS) is 21.5. The first kappa shape index (κ1) is 15.9. The Morgan fingerprint density at radius 2 is 1.77 bits per heavy atom. The molecule has 3 aliphatic rings. The topological polar surface area (TPSA) is 49.9 Å². The molecule has 2 fully saturated rings. The van der Waals surface area contributed by atoms with Crippen molar-refractivity contribution >= 4 is 22.9 Å². The maximum atomic E-state index is 5.82. The van der Waals surface area contributed by atoms with Crippen LogP contribution in [0.1, 0.15) is 12.8 Å². The van der Waals surface area contributed by atoms with Crippen LogP contribution >= 0.6 is 0 Å². The van der Waals surface area contributed by atoms with Gasteiger partial charge in [0.2, 0.25) is 0 Å². The Labute approximate surface area is 153 Å². The number of hydrogen-bond donors (Lipinski definition) is 1. The lowest BCUT2D eigenvalue weighted by atomic mass is 10.0. The molecule has 0 unspecified atom stereocenters. The number of fused-ring (bicyclic) bond motifs is 1. The molecule has 1 aromatic heterocycles. The van der Waals surface area contributed by atoms with Gasteiger partial charge in [-0.2, -0.15) is 0 Å². The molecule has 0 amide bonds. The second-order valence-electron chi connectivity index (χ2n) is 7.06. The van der Waals surface area contributed by atoms with Gasteiger partial charge in [0, 0.05) is 39.0 Å². The Kier molecular flexibility index (Phi) is 3.94. The summed E-state index contributed by atoms with van der Waals surface area (Å²) in [5.74, 6) is 0.674. The van der Waals surface area contributed by atoms with Crippen molar-refractivity contribution in [3.63, 3.8) is 0 Å². The fourth-order valence-electron chi connectivity index (χ4n) is 4.14. The largest absolute Gasteiger partial charge is 0.382 e. The lowest BCUT2D eigenvalue weighted by Crippen LogP contribution is -2.45. The van der Waals surface area contributed by atoms with Crippen molar-refractivity contribution in [2.24, 2.45) is 0 Å². The quantitative estimate of drug-likeness (QED) is 0.897. The Morgan fingerprint density at radius 3 is 2.54 bits per heavy atom. The van der Waals surface area contributed by atoms with Crippen LogP contribution in [0.4, 0.5) is 22.9 Å².